The van der Waals surface area contributed by atoms with Crippen molar-refractivity contribution in [2.75, 3.05) is 6.61 Å². The van der Waals surface area contributed by atoms with Crippen LogP contribution >= 0.6 is 0 Å². The van der Waals surface area contributed by atoms with E-state index in [0.717, 1.165) is 25.6 Å². The van der Waals surface area contributed by atoms with Crippen molar-refractivity contribution in [3.63, 3.8) is 0 Å². The lowest BCUT2D eigenvalue weighted by Crippen LogP contribution is -2.12. The molecule has 2 aromatic carbocycles. The summed E-state index contributed by atoms with van der Waals surface area (Å²) in [6.07, 6.45) is 8.16. The fourth-order valence-corrected chi connectivity index (χ4v) is 3.88. The predicted molar refractivity (Wildman–Crippen MR) is 107 cm³/mol. The zero-order valence-electron chi connectivity index (χ0n) is 15.4. The normalized spacial score (nSPS) is 20.4. The van der Waals surface area contributed by atoms with Gasteiger partial charge in [0.05, 0.1) is 6.61 Å². The molecule has 0 N–H and O–H groups in total. The molecule has 0 bridgehead atoms. The fourth-order valence-electron chi connectivity index (χ4n) is 3.88. The minimum Gasteiger partial charge on any atom is -0.377 e. The lowest BCUT2D eigenvalue weighted by atomic mass is 9.76. The molecule has 0 heterocycles. The van der Waals surface area contributed by atoms with Gasteiger partial charge in [0, 0.05) is 6.61 Å². The van der Waals surface area contributed by atoms with E-state index >= 15 is 0 Å². The van der Waals surface area contributed by atoms with Crippen molar-refractivity contribution in [3.8, 4) is 0 Å². The van der Waals surface area contributed by atoms with Crippen molar-refractivity contribution in [1.82, 2.24) is 0 Å². The lowest BCUT2D eigenvalue weighted by molar-refractivity contribution is 0.121. The van der Waals surface area contributed by atoms with Crippen LogP contribution < -0.4 is 0 Å². The van der Waals surface area contributed by atoms with Crippen LogP contribution in [-0.2, 0) is 11.3 Å². The Morgan fingerprint density at radius 1 is 0.880 bits per heavy atom. The molecule has 1 heteroatoms. The first-order chi connectivity index (χ1) is 12.3. The Kier molecular flexibility index (Phi) is 6.47. The highest BCUT2D eigenvalue weighted by molar-refractivity contribution is 5.47. The third-order valence-corrected chi connectivity index (χ3v) is 5.44. The van der Waals surface area contributed by atoms with Crippen molar-refractivity contribution >= 4 is 6.08 Å². The van der Waals surface area contributed by atoms with Crippen LogP contribution in [0.4, 0.5) is 0 Å². The summed E-state index contributed by atoms with van der Waals surface area (Å²) in [5.41, 5.74) is 5.49. The molecule has 1 aliphatic carbocycles. The highest BCUT2D eigenvalue weighted by Gasteiger charge is 2.23. The lowest BCUT2D eigenvalue weighted by Gasteiger charge is -2.29. The SMILES string of the molecule is C=Cc1ccc(C2CCC(c3ccc(COCCC)cc3)CC2)cc1. The van der Waals surface area contributed by atoms with Gasteiger partial charge in [-0.25, -0.2) is 0 Å². The van der Waals surface area contributed by atoms with E-state index in [9.17, 15) is 0 Å². The van der Waals surface area contributed by atoms with E-state index in [1.54, 1.807) is 0 Å². The Bertz CT molecular complexity index is 645. The Balaban J connectivity index is 1.53. The summed E-state index contributed by atoms with van der Waals surface area (Å²) < 4.78 is 5.63. The molecule has 0 aromatic heterocycles. The van der Waals surface area contributed by atoms with E-state index in [4.69, 9.17) is 4.74 Å². The monoisotopic (exact) mass is 334 g/mol. The number of ether oxygens (including phenoxy) is 1. The molecule has 2 aromatic rings. The molecule has 1 aliphatic rings. The maximum Gasteiger partial charge on any atom is 0.0716 e. The molecule has 25 heavy (non-hydrogen) atoms. The summed E-state index contributed by atoms with van der Waals surface area (Å²) in [4.78, 5) is 0. The average molecular weight is 335 g/mol. The van der Waals surface area contributed by atoms with Gasteiger partial charge < -0.3 is 4.74 Å². The zero-order valence-corrected chi connectivity index (χ0v) is 15.4. The quantitative estimate of drug-likeness (QED) is 0.512. The first-order valence-corrected chi connectivity index (χ1v) is 9.69. The van der Waals surface area contributed by atoms with Crippen LogP contribution in [0.15, 0.2) is 55.1 Å². The van der Waals surface area contributed by atoms with Gasteiger partial charge in [-0.3, -0.25) is 0 Å². The van der Waals surface area contributed by atoms with Gasteiger partial charge in [0.25, 0.3) is 0 Å². The Morgan fingerprint density at radius 3 is 1.88 bits per heavy atom. The van der Waals surface area contributed by atoms with Crippen LogP contribution in [0, 0.1) is 0 Å². The van der Waals surface area contributed by atoms with Crippen LogP contribution in [0.1, 0.15) is 73.1 Å². The summed E-state index contributed by atoms with van der Waals surface area (Å²) in [6.45, 7) is 7.57. The van der Waals surface area contributed by atoms with Gasteiger partial charge >= 0.3 is 0 Å². The second-order valence-corrected chi connectivity index (χ2v) is 7.21. The maximum absolute atomic E-state index is 5.63. The van der Waals surface area contributed by atoms with Gasteiger partial charge in [-0.15, -0.1) is 0 Å². The van der Waals surface area contributed by atoms with Crippen LogP contribution in [0.3, 0.4) is 0 Å². The van der Waals surface area contributed by atoms with Crippen molar-refractivity contribution < 1.29 is 4.74 Å². The van der Waals surface area contributed by atoms with E-state index in [1.807, 2.05) is 6.08 Å². The zero-order chi connectivity index (χ0) is 17.5. The predicted octanol–water partition coefficient (Wildman–Crippen LogP) is 6.70. The molecular formula is C24H30O. The highest BCUT2D eigenvalue weighted by atomic mass is 16.5. The molecule has 0 atom stereocenters. The number of benzene rings is 2. The minimum atomic E-state index is 0.717. The first kappa shape index (κ1) is 17.9. The molecular weight excluding hydrogens is 304 g/mol. The third kappa shape index (κ3) is 4.83. The summed E-state index contributed by atoms with van der Waals surface area (Å²) in [5.74, 6) is 1.44. The van der Waals surface area contributed by atoms with Crippen LogP contribution in [-0.4, -0.2) is 6.61 Å². The van der Waals surface area contributed by atoms with Crippen LogP contribution in [0.2, 0.25) is 0 Å². The summed E-state index contributed by atoms with van der Waals surface area (Å²) in [6, 6.07) is 18.1. The van der Waals surface area contributed by atoms with Gasteiger partial charge in [-0.05, 0) is 66.2 Å². The molecule has 0 unspecified atom stereocenters. The minimum absolute atomic E-state index is 0.717. The Hall–Kier alpha value is -1.86. The van der Waals surface area contributed by atoms with Gasteiger partial charge in [0.2, 0.25) is 0 Å². The topological polar surface area (TPSA) is 9.23 Å². The van der Waals surface area contributed by atoms with E-state index in [0.29, 0.717) is 5.92 Å². The summed E-state index contributed by atoms with van der Waals surface area (Å²) in [7, 11) is 0. The van der Waals surface area contributed by atoms with Gasteiger partial charge in [-0.2, -0.15) is 0 Å². The molecule has 0 saturated heterocycles. The van der Waals surface area contributed by atoms with Crippen LogP contribution in [0.5, 0.6) is 0 Å². The van der Waals surface area contributed by atoms with E-state index in [-0.39, 0.29) is 0 Å². The van der Waals surface area contributed by atoms with E-state index in [2.05, 4.69) is 62.0 Å². The van der Waals surface area contributed by atoms with Crippen molar-refractivity contribution in [1.29, 1.82) is 0 Å². The largest absolute Gasteiger partial charge is 0.377 e. The van der Waals surface area contributed by atoms with Crippen molar-refractivity contribution in [2.24, 2.45) is 0 Å². The molecule has 132 valence electrons. The standard InChI is InChI=1S/C24H30O/c1-3-17-25-18-20-7-11-22(12-8-20)24-15-13-23(14-16-24)21-9-5-19(4-2)6-10-21/h4-12,23-24H,2-3,13-18H2,1H3. The molecule has 0 radical (unpaired) electrons. The molecule has 0 aliphatic heterocycles. The highest BCUT2D eigenvalue weighted by Crippen LogP contribution is 2.40. The third-order valence-electron chi connectivity index (χ3n) is 5.44. The summed E-state index contributed by atoms with van der Waals surface area (Å²) >= 11 is 0. The average Bonchev–Trinajstić information content (AvgIpc) is 2.69. The van der Waals surface area contributed by atoms with Crippen LogP contribution in [0.25, 0.3) is 6.08 Å². The molecule has 1 saturated carbocycles. The number of rotatable bonds is 7. The first-order valence-electron chi connectivity index (χ1n) is 9.69. The van der Waals surface area contributed by atoms with Gasteiger partial charge in [0.15, 0.2) is 0 Å². The van der Waals surface area contributed by atoms with E-state index in [1.165, 1.54) is 47.9 Å². The summed E-state index contributed by atoms with van der Waals surface area (Å²) in [5, 5.41) is 0. The van der Waals surface area contributed by atoms with Crippen molar-refractivity contribution in [2.45, 2.75) is 57.5 Å². The number of hydrogen-bond acceptors (Lipinski definition) is 1. The van der Waals surface area contributed by atoms with Gasteiger partial charge in [0.1, 0.15) is 0 Å². The molecule has 0 amide bonds. The fraction of sp³-hybridized carbons (Fsp3) is 0.417. The van der Waals surface area contributed by atoms with Gasteiger partial charge in [-0.1, -0.05) is 68.1 Å². The maximum atomic E-state index is 5.63. The number of hydrogen-bond donors (Lipinski definition) is 0. The second-order valence-electron chi connectivity index (χ2n) is 7.21. The Labute approximate surface area is 152 Å². The Morgan fingerprint density at radius 2 is 1.40 bits per heavy atom. The second kappa shape index (κ2) is 9.01. The molecule has 1 fully saturated rings. The molecule has 3 rings (SSSR count). The smallest absolute Gasteiger partial charge is 0.0716 e. The molecule has 1 nitrogen and oxygen atoms in total. The van der Waals surface area contributed by atoms with Crippen molar-refractivity contribution in [3.05, 3.63) is 77.4 Å². The molecule has 0 spiro atoms. The van der Waals surface area contributed by atoms with E-state index < -0.39 is 0 Å².